The van der Waals surface area contributed by atoms with Crippen molar-refractivity contribution in [1.82, 2.24) is 5.32 Å². The van der Waals surface area contributed by atoms with E-state index in [0.717, 1.165) is 12.3 Å². The molecule has 110 valence electrons. The van der Waals surface area contributed by atoms with Gasteiger partial charge in [-0.3, -0.25) is 0 Å². The zero-order chi connectivity index (χ0) is 14.7. The van der Waals surface area contributed by atoms with E-state index >= 15 is 0 Å². The van der Waals surface area contributed by atoms with Crippen LogP contribution in [-0.4, -0.2) is 13.2 Å². The van der Waals surface area contributed by atoms with Gasteiger partial charge in [-0.05, 0) is 48.9 Å². The summed E-state index contributed by atoms with van der Waals surface area (Å²) < 4.78 is 5.30. The van der Waals surface area contributed by atoms with Crippen molar-refractivity contribution in [3.63, 3.8) is 0 Å². The monoisotopic (exact) mass is 281 g/mol. The van der Waals surface area contributed by atoms with E-state index in [-0.39, 0.29) is 0 Å². The maximum Gasteiger partial charge on any atom is 0.119 e. The fourth-order valence-corrected chi connectivity index (χ4v) is 2.92. The number of hydrogen-bond acceptors (Lipinski definition) is 2. The van der Waals surface area contributed by atoms with Gasteiger partial charge >= 0.3 is 0 Å². The zero-order valence-electron chi connectivity index (χ0n) is 12.8. The molecule has 1 N–H and O–H groups in total. The summed E-state index contributed by atoms with van der Waals surface area (Å²) in [4.78, 5) is 0. The fourth-order valence-electron chi connectivity index (χ4n) is 2.92. The predicted molar refractivity (Wildman–Crippen MR) is 86.8 cm³/mol. The third kappa shape index (κ3) is 3.45. The average Bonchev–Trinajstić information content (AvgIpc) is 2.48. The molecule has 0 heterocycles. The number of rotatable bonds is 5. The predicted octanol–water partition coefficient (Wildman–Crippen LogP) is 4.04. The summed E-state index contributed by atoms with van der Waals surface area (Å²) in [6.45, 7) is 3.09. The molecule has 2 aromatic carbocycles. The third-order valence-electron chi connectivity index (χ3n) is 4.42. The molecule has 0 bridgehead atoms. The Balaban J connectivity index is 1.48. The van der Waals surface area contributed by atoms with Crippen LogP contribution in [0, 0.1) is 6.92 Å². The molecule has 0 radical (unpaired) electrons. The number of ether oxygens (including phenoxy) is 1. The lowest BCUT2D eigenvalue weighted by Gasteiger charge is -2.36. The highest BCUT2D eigenvalue weighted by molar-refractivity contribution is 5.32. The van der Waals surface area contributed by atoms with Crippen molar-refractivity contribution < 1.29 is 4.74 Å². The van der Waals surface area contributed by atoms with E-state index in [9.17, 15) is 0 Å². The van der Waals surface area contributed by atoms with E-state index in [2.05, 4.69) is 54.7 Å². The molecular formula is C19H23NO. The van der Waals surface area contributed by atoms with Crippen LogP contribution in [0.15, 0.2) is 48.5 Å². The number of aryl methyl sites for hydroxylation is 1. The first-order valence-electron chi connectivity index (χ1n) is 7.67. The minimum absolute atomic E-state index is 0.641. The molecule has 1 aliphatic carbocycles. The van der Waals surface area contributed by atoms with Crippen molar-refractivity contribution >= 4 is 0 Å². The van der Waals surface area contributed by atoms with Crippen molar-refractivity contribution in [3.05, 3.63) is 65.2 Å². The van der Waals surface area contributed by atoms with Crippen LogP contribution < -0.4 is 10.1 Å². The molecule has 0 amide bonds. The molecule has 0 atom stereocenters. The van der Waals surface area contributed by atoms with Crippen LogP contribution in [0.4, 0.5) is 0 Å². The van der Waals surface area contributed by atoms with Crippen LogP contribution in [0.2, 0.25) is 0 Å². The van der Waals surface area contributed by atoms with Crippen molar-refractivity contribution in [2.45, 2.75) is 38.3 Å². The van der Waals surface area contributed by atoms with Crippen molar-refractivity contribution in [3.8, 4) is 5.75 Å². The minimum Gasteiger partial charge on any atom is -0.497 e. The van der Waals surface area contributed by atoms with Crippen LogP contribution in [0.1, 0.15) is 35.4 Å². The van der Waals surface area contributed by atoms with Gasteiger partial charge in [0, 0.05) is 12.6 Å². The summed E-state index contributed by atoms with van der Waals surface area (Å²) in [6.07, 6.45) is 2.44. The highest BCUT2D eigenvalue weighted by Crippen LogP contribution is 2.38. The molecule has 1 aliphatic rings. The van der Waals surface area contributed by atoms with Gasteiger partial charge in [0.25, 0.3) is 0 Å². The van der Waals surface area contributed by atoms with Gasteiger partial charge in [-0.25, -0.2) is 0 Å². The molecule has 0 aliphatic heterocycles. The Hall–Kier alpha value is -1.80. The zero-order valence-corrected chi connectivity index (χ0v) is 12.8. The second-order valence-electron chi connectivity index (χ2n) is 6.01. The van der Waals surface area contributed by atoms with Crippen LogP contribution in [0.5, 0.6) is 5.75 Å². The smallest absolute Gasteiger partial charge is 0.119 e. The Labute approximate surface area is 127 Å². The molecule has 1 saturated carbocycles. The lowest BCUT2D eigenvalue weighted by Crippen LogP contribution is -2.39. The van der Waals surface area contributed by atoms with E-state index in [1.807, 2.05) is 6.07 Å². The molecule has 0 unspecified atom stereocenters. The Morgan fingerprint density at radius 3 is 2.57 bits per heavy atom. The van der Waals surface area contributed by atoms with Crippen LogP contribution in [-0.2, 0) is 6.54 Å². The van der Waals surface area contributed by atoms with Crippen LogP contribution >= 0.6 is 0 Å². The molecule has 21 heavy (non-hydrogen) atoms. The van der Waals surface area contributed by atoms with Gasteiger partial charge in [-0.1, -0.05) is 42.0 Å². The number of methoxy groups -OCH3 is 1. The lowest BCUT2D eigenvalue weighted by molar-refractivity contribution is 0.289. The Morgan fingerprint density at radius 1 is 1.10 bits per heavy atom. The molecule has 0 aromatic heterocycles. The SMILES string of the molecule is COc1cccc(C2CC(NCc3ccc(C)cc3)C2)c1. The summed E-state index contributed by atoms with van der Waals surface area (Å²) >= 11 is 0. The maximum absolute atomic E-state index is 5.30. The van der Waals surface area contributed by atoms with E-state index in [4.69, 9.17) is 4.74 Å². The quantitative estimate of drug-likeness (QED) is 0.893. The number of benzene rings is 2. The van der Waals surface area contributed by atoms with Gasteiger partial charge < -0.3 is 10.1 Å². The molecule has 0 spiro atoms. The Morgan fingerprint density at radius 2 is 1.86 bits per heavy atom. The summed E-state index contributed by atoms with van der Waals surface area (Å²) in [6, 6.07) is 17.9. The molecule has 2 nitrogen and oxygen atoms in total. The summed E-state index contributed by atoms with van der Waals surface area (Å²) in [5.41, 5.74) is 4.09. The average molecular weight is 281 g/mol. The van der Waals surface area contributed by atoms with Gasteiger partial charge in [0.2, 0.25) is 0 Å². The van der Waals surface area contributed by atoms with E-state index in [1.54, 1.807) is 7.11 Å². The first-order valence-corrected chi connectivity index (χ1v) is 7.67. The molecule has 1 fully saturated rings. The molecule has 0 saturated heterocycles. The van der Waals surface area contributed by atoms with Gasteiger partial charge in [0.15, 0.2) is 0 Å². The second kappa shape index (κ2) is 6.31. The molecule has 2 aromatic rings. The van der Waals surface area contributed by atoms with Gasteiger partial charge in [-0.15, -0.1) is 0 Å². The van der Waals surface area contributed by atoms with Gasteiger partial charge in [0.1, 0.15) is 5.75 Å². The third-order valence-corrected chi connectivity index (χ3v) is 4.42. The van der Waals surface area contributed by atoms with Gasteiger partial charge in [-0.2, -0.15) is 0 Å². The molecule has 2 heteroatoms. The summed E-state index contributed by atoms with van der Waals surface area (Å²) in [5, 5.41) is 3.65. The Kier molecular flexibility index (Phi) is 4.26. The summed E-state index contributed by atoms with van der Waals surface area (Å²) in [7, 11) is 1.73. The van der Waals surface area contributed by atoms with E-state index < -0.39 is 0 Å². The molecular weight excluding hydrogens is 258 g/mol. The second-order valence-corrected chi connectivity index (χ2v) is 6.01. The first kappa shape index (κ1) is 14.2. The highest BCUT2D eigenvalue weighted by Gasteiger charge is 2.29. The number of nitrogens with one attached hydrogen (secondary N) is 1. The van der Waals surface area contributed by atoms with Crippen molar-refractivity contribution in [1.29, 1.82) is 0 Å². The van der Waals surface area contributed by atoms with Crippen molar-refractivity contribution in [2.75, 3.05) is 7.11 Å². The van der Waals surface area contributed by atoms with Gasteiger partial charge in [0.05, 0.1) is 7.11 Å². The van der Waals surface area contributed by atoms with E-state index in [1.165, 1.54) is 29.5 Å². The highest BCUT2D eigenvalue weighted by atomic mass is 16.5. The maximum atomic E-state index is 5.30. The number of hydrogen-bond donors (Lipinski definition) is 1. The van der Waals surface area contributed by atoms with Crippen LogP contribution in [0.3, 0.4) is 0 Å². The molecule has 3 rings (SSSR count). The topological polar surface area (TPSA) is 21.3 Å². The van der Waals surface area contributed by atoms with Crippen molar-refractivity contribution in [2.24, 2.45) is 0 Å². The fraction of sp³-hybridized carbons (Fsp3) is 0.368. The summed E-state index contributed by atoms with van der Waals surface area (Å²) in [5.74, 6) is 1.64. The van der Waals surface area contributed by atoms with E-state index in [0.29, 0.717) is 12.0 Å². The minimum atomic E-state index is 0.641. The largest absolute Gasteiger partial charge is 0.497 e. The lowest BCUT2D eigenvalue weighted by atomic mass is 9.76. The first-order chi connectivity index (χ1) is 10.2. The van der Waals surface area contributed by atoms with Crippen LogP contribution in [0.25, 0.3) is 0 Å². The Bertz CT molecular complexity index is 585. The standard InChI is InChI=1S/C19H23NO/c1-14-6-8-15(9-7-14)13-20-18-10-17(11-18)16-4-3-5-19(12-16)21-2/h3-9,12,17-18,20H,10-11,13H2,1-2H3. The normalized spacial score (nSPS) is 20.9.